The van der Waals surface area contributed by atoms with E-state index in [1.165, 1.54) is 0 Å². The molecular weight excluding hydrogens is 252 g/mol. The van der Waals surface area contributed by atoms with E-state index in [1.807, 2.05) is 0 Å². The lowest BCUT2D eigenvalue weighted by atomic mass is 10.1. The Morgan fingerprint density at radius 2 is 2.37 bits per heavy atom. The summed E-state index contributed by atoms with van der Waals surface area (Å²) in [7, 11) is 0. The molecule has 1 aromatic rings. The van der Waals surface area contributed by atoms with E-state index >= 15 is 0 Å². The molecule has 19 heavy (non-hydrogen) atoms. The van der Waals surface area contributed by atoms with E-state index in [4.69, 9.17) is 9.63 Å². The summed E-state index contributed by atoms with van der Waals surface area (Å²) in [4.78, 5) is 28.0. The maximum absolute atomic E-state index is 11.8. The highest BCUT2D eigenvalue weighted by molar-refractivity contribution is 5.74. The van der Waals surface area contributed by atoms with Crippen LogP contribution in [0, 0.1) is 12.8 Å². The number of aromatic nitrogens is 2. The molecule has 0 saturated carbocycles. The first-order chi connectivity index (χ1) is 9.04. The number of aryl methyl sites for hydroxylation is 1. The summed E-state index contributed by atoms with van der Waals surface area (Å²) >= 11 is 0. The minimum Gasteiger partial charge on any atom is -0.481 e. The first kappa shape index (κ1) is 13.3. The van der Waals surface area contributed by atoms with E-state index < -0.39 is 5.97 Å². The molecule has 1 atom stereocenters. The smallest absolute Gasteiger partial charge is 0.317 e. The van der Waals surface area contributed by atoms with E-state index in [-0.39, 0.29) is 24.9 Å². The molecule has 1 aromatic heterocycles. The summed E-state index contributed by atoms with van der Waals surface area (Å²) in [5.74, 6) is 0.0848. The van der Waals surface area contributed by atoms with Crippen LogP contribution in [0.1, 0.15) is 24.6 Å². The van der Waals surface area contributed by atoms with Gasteiger partial charge in [-0.15, -0.1) is 0 Å². The van der Waals surface area contributed by atoms with Crippen molar-refractivity contribution in [3.8, 4) is 0 Å². The van der Waals surface area contributed by atoms with Gasteiger partial charge in [-0.2, -0.15) is 4.98 Å². The number of amides is 2. The predicted octanol–water partition coefficient (Wildman–Crippen LogP) is 0.384. The summed E-state index contributed by atoms with van der Waals surface area (Å²) < 4.78 is 4.88. The first-order valence-corrected chi connectivity index (χ1v) is 6.08. The molecule has 1 aliphatic heterocycles. The van der Waals surface area contributed by atoms with Crippen LogP contribution in [0.15, 0.2) is 4.52 Å². The van der Waals surface area contributed by atoms with Crippen LogP contribution in [0.4, 0.5) is 4.79 Å². The average Bonchev–Trinajstić information content (AvgIpc) is 2.95. The topological polar surface area (TPSA) is 109 Å². The number of likely N-dealkylation sites (tertiary alicyclic amines) is 1. The maximum Gasteiger partial charge on any atom is 0.317 e. The van der Waals surface area contributed by atoms with Gasteiger partial charge in [-0.3, -0.25) is 4.79 Å². The molecule has 0 aromatic carbocycles. The predicted molar refractivity (Wildman–Crippen MR) is 63.2 cm³/mol. The SMILES string of the molecule is Cc1noc(CNC(=O)N2CCC(CC(=O)O)C2)n1. The van der Waals surface area contributed by atoms with Gasteiger partial charge in [0.05, 0.1) is 6.54 Å². The third kappa shape index (κ3) is 3.67. The van der Waals surface area contributed by atoms with Crippen LogP contribution in [0.25, 0.3) is 0 Å². The third-order valence-corrected chi connectivity index (χ3v) is 3.00. The zero-order chi connectivity index (χ0) is 13.8. The maximum atomic E-state index is 11.8. The number of hydrogen-bond donors (Lipinski definition) is 2. The van der Waals surface area contributed by atoms with Crippen molar-refractivity contribution < 1.29 is 19.2 Å². The van der Waals surface area contributed by atoms with Crippen molar-refractivity contribution in [2.75, 3.05) is 13.1 Å². The Bertz CT molecular complexity index is 473. The minimum atomic E-state index is -0.825. The largest absolute Gasteiger partial charge is 0.481 e. The number of nitrogens with zero attached hydrogens (tertiary/aromatic N) is 3. The number of hydrogen-bond acceptors (Lipinski definition) is 5. The Balaban J connectivity index is 1.76. The summed E-state index contributed by atoms with van der Waals surface area (Å²) in [6, 6.07) is -0.233. The molecule has 1 fully saturated rings. The van der Waals surface area contributed by atoms with Crippen molar-refractivity contribution in [1.29, 1.82) is 0 Å². The lowest BCUT2D eigenvalue weighted by Crippen LogP contribution is -2.38. The van der Waals surface area contributed by atoms with Crippen LogP contribution in [0.3, 0.4) is 0 Å². The Morgan fingerprint density at radius 1 is 1.58 bits per heavy atom. The molecule has 0 radical (unpaired) electrons. The number of urea groups is 1. The second-order valence-electron chi connectivity index (χ2n) is 4.59. The van der Waals surface area contributed by atoms with Gasteiger partial charge in [0, 0.05) is 19.5 Å². The molecule has 2 N–H and O–H groups in total. The van der Waals surface area contributed by atoms with Crippen molar-refractivity contribution in [1.82, 2.24) is 20.4 Å². The van der Waals surface area contributed by atoms with Crippen LogP contribution < -0.4 is 5.32 Å². The molecule has 8 heteroatoms. The molecule has 1 unspecified atom stereocenters. The van der Waals surface area contributed by atoms with Gasteiger partial charge in [0.25, 0.3) is 0 Å². The Hall–Kier alpha value is -2.12. The molecule has 2 rings (SSSR count). The number of aliphatic carboxylic acids is 1. The third-order valence-electron chi connectivity index (χ3n) is 3.00. The summed E-state index contributed by atoms with van der Waals surface area (Å²) in [5.41, 5.74) is 0. The van der Waals surface area contributed by atoms with Crippen molar-refractivity contribution in [2.45, 2.75) is 26.3 Å². The average molecular weight is 268 g/mol. The van der Waals surface area contributed by atoms with Crippen LogP contribution in [-0.2, 0) is 11.3 Å². The van der Waals surface area contributed by atoms with Crippen LogP contribution >= 0.6 is 0 Å². The molecule has 2 amide bonds. The van der Waals surface area contributed by atoms with Crippen LogP contribution in [0.2, 0.25) is 0 Å². The highest BCUT2D eigenvalue weighted by atomic mass is 16.5. The fourth-order valence-electron chi connectivity index (χ4n) is 2.11. The quantitative estimate of drug-likeness (QED) is 0.817. The van der Waals surface area contributed by atoms with E-state index in [2.05, 4.69) is 15.5 Å². The number of carboxylic acids is 1. The number of rotatable bonds is 4. The standard InChI is InChI=1S/C11H16N4O4/c1-7-13-9(19-14-7)5-12-11(18)15-3-2-8(6-15)4-10(16)17/h8H,2-6H2,1H3,(H,12,18)(H,16,17). The summed E-state index contributed by atoms with van der Waals surface area (Å²) in [6.07, 6.45) is 0.825. The molecule has 8 nitrogen and oxygen atoms in total. The van der Waals surface area contributed by atoms with Gasteiger partial charge in [-0.05, 0) is 19.3 Å². The molecule has 1 saturated heterocycles. The molecule has 1 aliphatic rings. The Labute approximate surface area is 109 Å². The molecular formula is C11H16N4O4. The first-order valence-electron chi connectivity index (χ1n) is 6.08. The van der Waals surface area contributed by atoms with Gasteiger partial charge >= 0.3 is 12.0 Å². The fraction of sp³-hybridized carbons (Fsp3) is 0.636. The van der Waals surface area contributed by atoms with Gasteiger partial charge in [0.1, 0.15) is 0 Å². The fourth-order valence-corrected chi connectivity index (χ4v) is 2.11. The van der Waals surface area contributed by atoms with Crippen molar-refractivity contribution >= 4 is 12.0 Å². The molecule has 0 aliphatic carbocycles. The second-order valence-corrected chi connectivity index (χ2v) is 4.59. The number of carbonyl (C=O) groups excluding carboxylic acids is 1. The number of carboxylic acid groups (broad SMARTS) is 1. The van der Waals surface area contributed by atoms with E-state index in [0.717, 1.165) is 6.42 Å². The van der Waals surface area contributed by atoms with Gasteiger partial charge in [-0.25, -0.2) is 4.79 Å². The normalized spacial score (nSPS) is 18.6. The van der Waals surface area contributed by atoms with Gasteiger partial charge < -0.3 is 19.8 Å². The lowest BCUT2D eigenvalue weighted by molar-refractivity contribution is -0.138. The molecule has 104 valence electrons. The Morgan fingerprint density at radius 3 is 3.00 bits per heavy atom. The molecule has 0 spiro atoms. The van der Waals surface area contributed by atoms with Crippen molar-refractivity contribution in [2.24, 2.45) is 5.92 Å². The zero-order valence-electron chi connectivity index (χ0n) is 10.6. The van der Waals surface area contributed by atoms with Gasteiger partial charge in [0.2, 0.25) is 5.89 Å². The van der Waals surface area contributed by atoms with Crippen LogP contribution in [0.5, 0.6) is 0 Å². The van der Waals surface area contributed by atoms with Gasteiger partial charge in [-0.1, -0.05) is 5.16 Å². The van der Waals surface area contributed by atoms with Crippen LogP contribution in [-0.4, -0.2) is 45.2 Å². The summed E-state index contributed by atoms with van der Waals surface area (Å²) in [6.45, 7) is 2.93. The minimum absolute atomic E-state index is 0.0360. The molecule has 2 heterocycles. The number of carbonyl (C=O) groups is 2. The van der Waals surface area contributed by atoms with Crippen molar-refractivity contribution in [3.05, 3.63) is 11.7 Å². The highest BCUT2D eigenvalue weighted by Crippen LogP contribution is 2.19. The zero-order valence-corrected chi connectivity index (χ0v) is 10.6. The molecule has 0 bridgehead atoms. The highest BCUT2D eigenvalue weighted by Gasteiger charge is 2.27. The Kier molecular flexibility index (Phi) is 3.98. The van der Waals surface area contributed by atoms with E-state index in [1.54, 1.807) is 11.8 Å². The number of nitrogens with one attached hydrogen (secondary N) is 1. The van der Waals surface area contributed by atoms with Crippen molar-refractivity contribution in [3.63, 3.8) is 0 Å². The van der Waals surface area contributed by atoms with Gasteiger partial charge in [0.15, 0.2) is 5.82 Å². The monoisotopic (exact) mass is 268 g/mol. The van der Waals surface area contributed by atoms with E-state index in [0.29, 0.717) is 24.8 Å². The lowest BCUT2D eigenvalue weighted by Gasteiger charge is -2.16. The van der Waals surface area contributed by atoms with E-state index in [9.17, 15) is 9.59 Å². The summed E-state index contributed by atoms with van der Waals surface area (Å²) in [5, 5.41) is 15.0. The second kappa shape index (κ2) is 5.68.